The first-order valence-electron chi connectivity index (χ1n) is 5.40. The van der Waals surface area contributed by atoms with Gasteiger partial charge in [0, 0.05) is 11.5 Å². The molecule has 1 aromatic rings. The molecule has 5 heteroatoms. The zero-order valence-corrected chi connectivity index (χ0v) is 11.7. The number of hydrogen-bond donors (Lipinski definition) is 1. The van der Waals surface area contributed by atoms with Gasteiger partial charge in [0.15, 0.2) is 0 Å². The van der Waals surface area contributed by atoms with E-state index >= 15 is 0 Å². The molecule has 0 radical (unpaired) electrons. The van der Waals surface area contributed by atoms with E-state index in [-0.39, 0.29) is 5.91 Å². The van der Waals surface area contributed by atoms with Crippen molar-refractivity contribution in [3.63, 3.8) is 0 Å². The molecular weight excluding hydrogens is 284 g/mol. The first kappa shape index (κ1) is 14.0. The highest BCUT2D eigenvalue weighted by Crippen LogP contribution is 2.15. The predicted molar refractivity (Wildman–Crippen MR) is 71.2 cm³/mol. The molecule has 0 aliphatic rings. The van der Waals surface area contributed by atoms with Crippen LogP contribution >= 0.6 is 15.9 Å². The van der Waals surface area contributed by atoms with Crippen molar-refractivity contribution in [1.82, 2.24) is 10.2 Å². The van der Waals surface area contributed by atoms with E-state index in [2.05, 4.69) is 21.2 Å². The number of ether oxygens (including phenoxy) is 1. The molecule has 0 aliphatic carbocycles. The SMILES string of the molecule is CNCC(=O)N(C)CCOc1ccc(Br)cc1. The quantitative estimate of drug-likeness (QED) is 0.866. The van der Waals surface area contributed by atoms with Gasteiger partial charge in [0.2, 0.25) is 5.91 Å². The van der Waals surface area contributed by atoms with Crippen molar-refractivity contribution in [3.05, 3.63) is 28.7 Å². The summed E-state index contributed by atoms with van der Waals surface area (Å²) in [6, 6.07) is 7.62. The van der Waals surface area contributed by atoms with Crippen molar-refractivity contribution < 1.29 is 9.53 Å². The van der Waals surface area contributed by atoms with Gasteiger partial charge < -0.3 is 15.0 Å². The second-order valence-corrected chi connectivity index (χ2v) is 4.56. The van der Waals surface area contributed by atoms with Gasteiger partial charge in [-0.05, 0) is 31.3 Å². The van der Waals surface area contributed by atoms with Gasteiger partial charge in [0.05, 0.1) is 13.1 Å². The van der Waals surface area contributed by atoms with Crippen LogP contribution in [0.5, 0.6) is 5.75 Å². The molecule has 0 spiro atoms. The lowest BCUT2D eigenvalue weighted by molar-refractivity contribution is -0.129. The molecule has 4 nitrogen and oxygen atoms in total. The average molecular weight is 301 g/mol. The summed E-state index contributed by atoms with van der Waals surface area (Å²) in [6.45, 7) is 1.43. The van der Waals surface area contributed by atoms with E-state index in [1.807, 2.05) is 24.3 Å². The summed E-state index contributed by atoms with van der Waals surface area (Å²) in [4.78, 5) is 13.1. The first-order valence-corrected chi connectivity index (χ1v) is 6.19. The van der Waals surface area contributed by atoms with Crippen LogP contribution in [0.3, 0.4) is 0 Å². The largest absolute Gasteiger partial charge is 0.492 e. The highest BCUT2D eigenvalue weighted by molar-refractivity contribution is 9.10. The monoisotopic (exact) mass is 300 g/mol. The molecule has 0 unspecified atom stereocenters. The van der Waals surface area contributed by atoms with Gasteiger partial charge in [-0.3, -0.25) is 4.79 Å². The van der Waals surface area contributed by atoms with Crippen molar-refractivity contribution in [2.45, 2.75) is 0 Å². The maximum atomic E-state index is 11.4. The molecule has 0 bridgehead atoms. The number of likely N-dealkylation sites (N-methyl/N-ethyl adjacent to an activating group) is 2. The summed E-state index contributed by atoms with van der Waals surface area (Å²) in [6.07, 6.45) is 0. The summed E-state index contributed by atoms with van der Waals surface area (Å²) in [5.74, 6) is 0.870. The van der Waals surface area contributed by atoms with Crippen LogP contribution in [-0.2, 0) is 4.79 Å². The molecule has 0 atom stereocenters. The molecule has 0 aliphatic heterocycles. The lowest BCUT2D eigenvalue weighted by Crippen LogP contribution is -2.36. The highest BCUT2D eigenvalue weighted by atomic mass is 79.9. The Morgan fingerprint density at radius 3 is 2.65 bits per heavy atom. The number of amides is 1. The Bertz CT molecular complexity index is 354. The second-order valence-electron chi connectivity index (χ2n) is 3.65. The van der Waals surface area contributed by atoms with E-state index < -0.39 is 0 Å². The van der Waals surface area contributed by atoms with Crippen LogP contribution in [0.1, 0.15) is 0 Å². The Hall–Kier alpha value is -1.07. The highest BCUT2D eigenvalue weighted by Gasteiger charge is 2.06. The van der Waals surface area contributed by atoms with Gasteiger partial charge >= 0.3 is 0 Å². The van der Waals surface area contributed by atoms with Crippen LogP contribution in [0, 0.1) is 0 Å². The Morgan fingerprint density at radius 1 is 1.41 bits per heavy atom. The van der Waals surface area contributed by atoms with E-state index in [1.54, 1.807) is 19.0 Å². The lowest BCUT2D eigenvalue weighted by atomic mass is 10.3. The average Bonchev–Trinajstić information content (AvgIpc) is 2.32. The van der Waals surface area contributed by atoms with Gasteiger partial charge in [-0.15, -0.1) is 0 Å². The van der Waals surface area contributed by atoms with Gasteiger partial charge in [0.1, 0.15) is 12.4 Å². The van der Waals surface area contributed by atoms with Crippen LogP contribution < -0.4 is 10.1 Å². The zero-order chi connectivity index (χ0) is 12.7. The molecule has 0 heterocycles. The van der Waals surface area contributed by atoms with Crippen LogP contribution in [-0.4, -0.2) is 44.6 Å². The third kappa shape index (κ3) is 5.19. The topological polar surface area (TPSA) is 41.6 Å². The van der Waals surface area contributed by atoms with E-state index in [9.17, 15) is 4.79 Å². The van der Waals surface area contributed by atoms with Crippen LogP contribution in [0.25, 0.3) is 0 Å². The first-order chi connectivity index (χ1) is 8.13. The Labute approximate surface area is 110 Å². The number of benzene rings is 1. The molecule has 1 amide bonds. The lowest BCUT2D eigenvalue weighted by Gasteiger charge is -2.17. The van der Waals surface area contributed by atoms with Crippen molar-refractivity contribution in [2.75, 3.05) is 33.8 Å². The van der Waals surface area contributed by atoms with Crippen molar-refractivity contribution >= 4 is 21.8 Å². The normalized spacial score (nSPS) is 10.1. The molecule has 0 aromatic heterocycles. The van der Waals surface area contributed by atoms with Gasteiger partial charge in [-0.1, -0.05) is 15.9 Å². The summed E-state index contributed by atoms with van der Waals surface area (Å²) in [7, 11) is 3.52. The summed E-state index contributed by atoms with van der Waals surface area (Å²) in [5, 5.41) is 2.83. The molecule has 1 N–H and O–H groups in total. The third-order valence-corrected chi connectivity index (χ3v) is 2.79. The molecule has 1 aromatic carbocycles. The Kier molecular flexibility index (Phi) is 6.00. The summed E-state index contributed by atoms with van der Waals surface area (Å²) < 4.78 is 6.54. The Balaban J connectivity index is 2.27. The number of carbonyl (C=O) groups is 1. The number of hydrogen-bond acceptors (Lipinski definition) is 3. The fourth-order valence-corrected chi connectivity index (χ4v) is 1.51. The third-order valence-electron chi connectivity index (χ3n) is 2.26. The minimum atomic E-state index is 0.0620. The summed E-state index contributed by atoms with van der Waals surface area (Å²) >= 11 is 3.36. The Morgan fingerprint density at radius 2 is 2.06 bits per heavy atom. The van der Waals surface area contributed by atoms with Crippen molar-refractivity contribution in [1.29, 1.82) is 0 Å². The fraction of sp³-hybridized carbons (Fsp3) is 0.417. The number of halogens is 1. The maximum Gasteiger partial charge on any atom is 0.236 e. The summed E-state index contributed by atoms with van der Waals surface area (Å²) in [5.41, 5.74) is 0. The zero-order valence-electron chi connectivity index (χ0n) is 10.1. The van der Waals surface area contributed by atoms with Crippen LogP contribution in [0.4, 0.5) is 0 Å². The number of rotatable bonds is 6. The maximum absolute atomic E-state index is 11.4. The number of nitrogens with one attached hydrogen (secondary N) is 1. The van der Waals surface area contributed by atoms with Crippen molar-refractivity contribution in [3.8, 4) is 5.75 Å². The van der Waals surface area contributed by atoms with Crippen molar-refractivity contribution in [2.24, 2.45) is 0 Å². The van der Waals surface area contributed by atoms with E-state index in [0.29, 0.717) is 19.7 Å². The molecule has 1 rings (SSSR count). The van der Waals surface area contributed by atoms with Gasteiger partial charge in [-0.25, -0.2) is 0 Å². The van der Waals surface area contributed by atoms with Gasteiger partial charge in [-0.2, -0.15) is 0 Å². The predicted octanol–water partition coefficient (Wildman–Crippen LogP) is 1.51. The van der Waals surface area contributed by atoms with E-state index in [0.717, 1.165) is 10.2 Å². The standard InChI is InChI=1S/C12H17BrN2O2/c1-14-9-12(16)15(2)7-8-17-11-5-3-10(13)4-6-11/h3-6,14H,7-9H2,1-2H3. The van der Waals surface area contributed by atoms with E-state index in [4.69, 9.17) is 4.74 Å². The second kappa shape index (κ2) is 7.29. The molecular formula is C12H17BrN2O2. The van der Waals surface area contributed by atoms with Crippen LogP contribution in [0.2, 0.25) is 0 Å². The molecule has 17 heavy (non-hydrogen) atoms. The molecule has 0 saturated heterocycles. The minimum absolute atomic E-state index is 0.0620. The van der Waals surface area contributed by atoms with Gasteiger partial charge in [0.25, 0.3) is 0 Å². The smallest absolute Gasteiger partial charge is 0.236 e. The minimum Gasteiger partial charge on any atom is -0.492 e. The van der Waals surface area contributed by atoms with Crippen LogP contribution in [0.15, 0.2) is 28.7 Å². The molecule has 94 valence electrons. The molecule has 0 saturated carbocycles. The fourth-order valence-electron chi connectivity index (χ4n) is 1.24. The number of carbonyl (C=O) groups excluding carboxylic acids is 1. The molecule has 0 fully saturated rings. The number of nitrogens with zero attached hydrogens (tertiary/aromatic N) is 1. The van der Waals surface area contributed by atoms with E-state index in [1.165, 1.54) is 0 Å².